The van der Waals surface area contributed by atoms with Gasteiger partial charge < -0.3 is 5.32 Å². The largest absolute Gasteiger partial charge is 0.378 e. The number of benzene rings is 3. The minimum absolute atomic E-state index is 0.0567. The SMILES string of the molecule is Fc1cc(C2=Nn3c(CNc4ccccc4)nnc3S/C2=C\c2ccc(Cl)cc2)c(Cl)cc1Cl. The molecular formula is C24H15Cl3FN5S. The van der Waals surface area contributed by atoms with Crippen molar-refractivity contribution in [2.75, 3.05) is 5.32 Å². The van der Waals surface area contributed by atoms with Gasteiger partial charge in [0, 0.05) is 21.2 Å². The van der Waals surface area contributed by atoms with E-state index >= 15 is 0 Å². The van der Waals surface area contributed by atoms with E-state index < -0.39 is 5.82 Å². The summed E-state index contributed by atoms with van der Waals surface area (Å²) in [5.74, 6) is 0.0140. The zero-order valence-corrected chi connectivity index (χ0v) is 20.4. The summed E-state index contributed by atoms with van der Waals surface area (Å²) in [6, 6.07) is 19.8. The molecule has 0 fully saturated rings. The molecule has 0 radical (unpaired) electrons. The van der Waals surface area contributed by atoms with Crippen LogP contribution >= 0.6 is 46.6 Å². The van der Waals surface area contributed by atoms with Crippen molar-refractivity contribution in [3.05, 3.63) is 109 Å². The summed E-state index contributed by atoms with van der Waals surface area (Å²) in [6.45, 7) is 0.396. The van der Waals surface area contributed by atoms with Crippen molar-refractivity contribution < 1.29 is 4.39 Å². The molecule has 1 aromatic heterocycles. The fourth-order valence-electron chi connectivity index (χ4n) is 3.30. The van der Waals surface area contributed by atoms with Crippen LogP contribution in [0.1, 0.15) is 17.0 Å². The first-order chi connectivity index (χ1) is 16.5. The Hall–Kier alpha value is -2.84. The van der Waals surface area contributed by atoms with E-state index in [1.807, 2.05) is 48.5 Å². The molecule has 0 amide bonds. The second-order valence-electron chi connectivity index (χ2n) is 7.29. The fourth-order valence-corrected chi connectivity index (χ4v) is 4.85. The maximum absolute atomic E-state index is 14.4. The predicted molar refractivity (Wildman–Crippen MR) is 137 cm³/mol. The van der Waals surface area contributed by atoms with Gasteiger partial charge in [-0.25, -0.2) is 4.39 Å². The van der Waals surface area contributed by atoms with Crippen molar-refractivity contribution in [3.63, 3.8) is 0 Å². The predicted octanol–water partition coefficient (Wildman–Crippen LogP) is 7.39. The molecule has 0 saturated carbocycles. The molecule has 1 aliphatic rings. The molecule has 170 valence electrons. The maximum Gasteiger partial charge on any atom is 0.217 e. The Labute approximate surface area is 214 Å². The van der Waals surface area contributed by atoms with Crippen molar-refractivity contribution in [1.82, 2.24) is 14.9 Å². The minimum atomic E-state index is -0.583. The topological polar surface area (TPSA) is 55.1 Å². The van der Waals surface area contributed by atoms with Crippen LogP contribution in [0.5, 0.6) is 0 Å². The Balaban J connectivity index is 1.58. The van der Waals surface area contributed by atoms with E-state index in [0.29, 0.717) is 33.8 Å². The molecule has 2 heterocycles. The molecule has 34 heavy (non-hydrogen) atoms. The van der Waals surface area contributed by atoms with Gasteiger partial charge in [0.05, 0.1) is 16.6 Å². The van der Waals surface area contributed by atoms with E-state index in [0.717, 1.165) is 16.2 Å². The number of nitrogens with one attached hydrogen (secondary N) is 1. The fraction of sp³-hybridized carbons (Fsp3) is 0.0417. The average Bonchev–Trinajstić information content (AvgIpc) is 3.23. The summed E-state index contributed by atoms with van der Waals surface area (Å²) < 4.78 is 16.0. The first kappa shape index (κ1) is 22.9. The molecule has 5 nitrogen and oxygen atoms in total. The van der Waals surface area contributed by atoms with Crippen LogP contribution in [-0.4, -0.2) is 20.6 Å². The molecule has 0 spiro atoms. The van der Waals surface area contributed by atoms with Crippen LogP contribution in [0.4, 0.5) is 10.1 Å². The molecule has 1 N–H and O–H groups in total. The Morgan fingerprint density at radius 3 is 2.47 bits per heavy atom. The Bertz CT molecular complexity index is 1420. The zero-order chi connectivity index (χ0) is 23.7. The lowest BCUT2D eigenvalue weighted by Crippen LogP contribution is -2.15. The summed E-state index contributed by atoms with van der Waals surface area (Å²) in [4.78, 5) is 0.730. The van der Waals surface area contributed by atoms with Crippen LogP contribution in [0.2, 0.25) is 15.1 Å². The summed E-state index contributed by atoms with van der Waals surface area (Å²) in [7, 11) is 0. The Morgan fingerprint density at radius 2 is 1.71 bits per heavy atom. The Kier molecular flexibility index (Phi) is 6.61. The number of allylic oxidation sites excluding steroid dienone is 1. The van der Waals surface area contributed by atoms with Crippen LogP contribution < -0.4 is 5.32 Å². The van der Waals surface area contributed by atoms with Gasteiger partial charge in [0.25, 0.3) is 0 Å². The standard InChI is InChI=1S/C24H15Cl3FN5S/c25-15-8-6-14(7-9-15)10-21-23(17-11-20(28)19(27)12-18(17)26)32-33-22(30-31-24(33)34-21)13-29-16-4-2-1-3-5-16/h1-12,29H,13H2/b21-10-. The number of aromatic nitrogens is 3. The lowest BCUT2D eigenvalue weighted by atomic mass is 10.1. The normalized spacial score (nSPS) is 14.1. The number of rotatable bonds is 5. The highest BCUT2D eigenvalue weighted by Crippen LogP contribution is 2.37. The highest BCUT2D eigenvalue weighted by atomic mass is 35.5. The van der Waals surface area contributed by atoms with Gasteiger partial charge in [-0.1, -0.05) is 65.1 Å². The van der Waals surface area contributed by atoms with Gasteiger partial charge in [0.1, 0.15) is 11.5 Å². The van der Waals surface area contributed by atoms with E-state index in [4.69, 9.17) is 39.9 Å². The first-order valence-electron chi connectivity index (χ1n) is 10.1. The van der Waals surface area contributed by atoms with E-state index in [-0.39, 0.29) is 10.0 Å². The molecule has 0 atom stereocenters. The van der Waals surface area contributed by atoms with Crippen LogP contribution in [0, 0.1) is 5.82 Å². The second-order valence-corrected chi connectivity index (χ2v) is 9.55. The van der Waals surface area contributed by atoms with Gasteiger partial charge in [-0.15, -0.1) is 10.2 Å². The molecule has 0 aliphatic carbocycles. The molecule has 5 rings (SSSR count). The van der Waals surface area contributed by atoms with Crippen molar-refractivity contribution in [1.29, 1.82) is 0 Å². The third-order valence-electron chi connectivity index (χ3n) is 4.97. The van der Waals surface area contributed by atoms with E-state index in [1.165, 1.54) is 23.9 Å². The molecule has 0 bridgehead atoms. The third-order valence-corrected chi connectivity index (χ3v) is 6.79. The van der Waals surface area contributed by atoms with Crippen molar-refractivity contribution in [3.8, 4) is 0 Å². The number of nitrogens with zero attached hydrogens (tertiary/aromatic N) is 4. The molecular weight excluding hydrogens is 516 g/mol. The van der Waals surface area contributed by atoms with Crippen molar-refractivity contribution >= 4 is 64.0 Å². The van der Waals surface area contributed by atoms with Crippen LogP contribution in [-0.2, 0) is 6.54 Å². The summed E-state index contributed by atoms with van der Waals surface area (Å²) in [5, 5.41) is 18.1. The molecule has 10 heteroatoms. The van der Waals surface area contributed by atoms with Gasteiger partial charge in [0.15, 0.2) is 5.82 Å². The number of halogens is 4. The van der Waals surface area contributed by atoms with E-state index in [1.54, 1.807) is 16.8 Å². The highest BCUT2D eigenvalue weighted by Gasteiger charge is 2.26. The average molecular weight is 531 g/mol. The van der Waals surface area contributed by atoms with Crippen LogP contribution in [0.25, 0.3) is 6.08 Å². The third kappa shape index (κ3) is 4.83. The van der Waals surface area contributed by atoms with Gasteiger partial charge in [-0.3, -0.25) is 0 Å². The van der Waals surface area contributed by atoms with Gasteiger partial charge >= 0.3 is 0 Å². The number of fused-ring (bicyclic) bond motifs is 1. The molecule has 3 aromatic carbocycles. The molecule has 0 saturated heterocycles. The van der Waals surface area contributed by atoms with Gasteiger partial charge in [-0.2, -0.15) is 9.78 Å². The molecule has 0 unspecified atom stereocenters. The van der Waals surface area contributed by atoms with Crippen molar-refractivity contribution in [2.45, 2.75) is 11.7 Å². The Morgan fingerprint density at radius 1 is 0.941 bits per heavy atom. The number of thioether (sulfide) groups is 1. The highest BCUT2D eigenvalue weighted by molar-refractivity contribution is 8.04. The molecule has 4 aromatic rings. The van der Waals surface area contributed by atoms with Crippen LogP contribution in [0.3, 0.4) is 0 Å². The number of hydrogen-bond acceptors (Lipinski definition) is 5. The lowest BCUT2D eigenvalue weighted by molar-refractivity contribution is 0.628. The smallest absolute Gasteiger partial charge is 0.217 e. The van der Waals surface area contributed by atoms with Gasteiger partial charge in [0.2, 0.25) is 5.16 Å². The zero-order valence-electron chi connectivity index (χ0n) is 17.3. The summed E-state index contributed by atoms with van der Waals surface area (Å²) in [5.41, 5.74) is 2.73. The minimum Gasteiger partial charge on any atom is -0.378 e. The van der Waals surface area contributed by atoms with Crippen molar-refractivity contribution in [2.24, 2.45) is 5.10 Å². The number of anilines is 1. The van der Waals surface area contributed by atoms with Gasteiger partial charge in [-0.05, 0) is 59.8 Å². The summed E-state index contributed by atoms with van der Waals surface area (Å²) >= 11 is 19.8. The van der Waals surface area contributed by atoms with E-state index in [9.17, 15) is 4.39 Å². The van der Waals surface area contributed by atoms with E-state index in [2.05, 4.69) is 15.5 Å². The number of para-hydroxylation sites is 1. The molecule has 1 aliphatic heterocycles. The summed E-state index contributed by atoms with van der Waals surface area (Å²) in [6.07, 6.45) is 1.92. The quantitative estimate of drug-likeness (QED) is 0.273. The maximum atomic E-state index is 14.4. The second kappa shape index (κ2) is 9.80. The monoisotopic (exact) mass is 529 g/mol. The number of hydrogen-bond donors (Lipinski definition) is 1. The first-order valence-corrected chi connectivity index (χ1v) is 12.1. The lowest BCUT2D eigenvalue weighted by Gasteiger charge is -2.18. The van der Waals surface area contributed by atoms with Crippen LogP contribution in [0.15, 0.2) is 81.9 Å².